The third-order valence-electron chi connectivity index (χ3n) is 5.16. The summed E-state index contributed by atoms with van der Waals surface area (Å²) in [6.07, 6.45) is 3.74. The smallest absolute Gasteiger partial charge is 0.277 e. The van der Waals surface area contributed by atoms with E-state index in [0.29, 0.717) is 0 Å². The number of para-hydroxylation sites is 2. The van der Waals surface area contributed by atoms with Gasteiger partial charge in [0.15, 0.2) is 6.61 Å². The number of carbonyl (C=O) groups excluding carboxylic acids is 1. The van der Waals surface area contributed by atoms with Crippen LogP contribution in [0.25, 0.3) is 10.9 Å². The van der Waals surface area contributed by atoms with Gasteiger partial charge in [-0.25, -0.2) is 5.43 Å². The van der Waals surface area contributed by atoms with Crippen molar-refractivity contribution < 1.29 is 9.53 Å². The fourth-order valence-electron chi connectivity index (χ4n) is 3.66. The second kappa shape index (κ2) is 9.30. The number of nitrogens with zero attached hydrogens (tertiary/aromatic N) is 2. The molecule has 5 nitrogen and oxygen atoms in total. The SMILES string of the molecule is Cc1cccc(C)c1OCC(=O)N/N=C\c1cn(Cc2ccccc2)c2ccccc12. The van der Waals surface area contributed by atoms with Gasteiger partial charge in [-0.3, -0.25) is 4.79 Å². The first kappa shape index (κ1) is 20.4. The average molecular weight is 412 g/mol. The number of hydrogen-bond donors (Lipinski definition) is 1. The van der Waals surface area contributed by atoms with Crippen LogP contribution in [0.15, 0.2) is 84.1 Å². The molecule has 0 radical (unpaired) electrons. The van der Waals surface area contributed by atoms with Crippen molar-refractivity contribution >= 4 is 23.0 Å². The summed E-state index contributed by atoms with van der Waals surface area (Å²) in [6.45, 7) is 4.61. The zero-order valence-corrected chi connectivity index (χ0v) is 17.7. The second-order valence-electron chi connectivity index (χ2n) is 7.52. The zero-order chi connectivity index (χ0) is 21.6. The average Bonchev–Trinajstić information content (AvgIpc) is 3.12. The molecule has 1 aromatic heterocycles. The second-order valence-corrected chi connectivity index (χ2v) is 7.52. The van der Waals surface area contributed by atoms with Gasteiger partial charge in [0.05, 0.1) is 6.21 Å². The minimum atomic E-state index is -0.299. The Hall–Kier alpha value is -3.86. The molecule has 4 aromatic rings. The predicted octanol–water partition coefficient (Wildman–Crippen LogP) is 4.84. The first-order chi connectivity index (χ1) is 15.1. The maximum Gasteiger partial charge on any atom is 0.277 e. The number of aryl methyl sites for hydroxylation is 2. The van der Waals surface area contributed by atoms with Crippen LogP contribution in [0.1, 0.15) is 22.3 Å². The standard InChI is InChI=1S/C26H25N3O2/c1-19-9-8-10-20(2)26(19)31-18-25(30)28-27-15-22-17-29(16-21-11-4-3-5-12-21)24-14-7-6-13-23(22)24/h3-15,17H,16,18H2,1-2H3,(H,28,30)/b27-15-. The van der Waals surface area contributed by atoms with E-state index < -0.39 is 0 Å². The number of rotatable bonds is 7. The summed E-state index contributed by atoms with van der Waals surface area (Å²) in [6, 6.07) is 24.4. The lowest BCUT2D eigenvalue weighted by atomic mass is 10.1. The summed E-state index contributed by atoms with van der Waals surface area (Å²) in [5, 5.41) is 5.24. The van der Waals surface area contributed by atoms with Crippen LogP contribution in [0.5, 0.6) is 5.75 Å². The van der Waals surface area contributed by atoms with Gasteiger partial charge in [0.1, 0.15) is 5.75 Å². The van der Waals surface area contributed by atoms with Gasteiger partial charge in [0.2, 0.25) is 0 Å². The topological polar surface area (TPSA) is 55.6 Å². The monoisotopic (exact) mass is 411 g/mol. The van der Waals surface area contributed by atoms with Crippen LogP contribution in [-0.4, -0.2) is 23.3 Å². The van der Waals surface area contributed by atoms with Crippen molar-refractivity contribution in [3.05, 3.63) is 101 Å². The maximum atomic E-state index is 12.2. The van der Waals surface area contributed by atoms with Crippen LogP contribution in [0, 0.1) is 13.8 Å². The Bertz CT molecular complexity index is 1210. The normalized spacial score (nSPS) is 11.2. The number of fused-ring (bicyclic) bond motifs is 1. The molecule has 156 valence electrons. The number of nitrogens with one attached hydrogen (secondary N) is 1. The molecule has 1 heterocycles. The Balaban J connectivity index is 1.44. The van der Waals surface area contributed by atoms with Crippen LogP contribution in [-0.2, 0) is 11.3 Å². The Kier molecular flexibility index (Phi) is 6.13. The molecule has 0 aliphatic heterocycles. The molecule has 5 heteroatoms. The molecule has 31 heavy (non-hydrogen) atoms. The molecule has 0 aliphatic rings. The van der Waals surface area contributed by atoms with Crippen molar-refractivity contribution in [2.24, 2.45) is 5.10 Å². The van der Waals surface area contributed by atoms with Crippen molar-refractivity contribution in [2.45, 2.75) is 20.4 Å². The highest BCUT2D eigenvalue weighted by Gasteiger charge is 2.09. The molecule has 0 saturated heterocycles. The van der Waals surface area contributed by atoms with E-state index in [1.54, 1.807) is 6.21 Å². The number of amides is 1. The lowest BCUT2D eigenvalue weighted by molar-refractivity contribution is -0.123. The van der Waals surface area contributed by atoms with Crippen molar-refractivity contribution in [3.63, 3.8) is 0 Å². The van der Waals surface area contributed by atoms with E-state index in [-0.39, 0.29) is 12.5 Å². The molecule has 0 unspecified atom stereocenters. The van der Waals surface area contributed by atoms with E-state index in [9.17, 15) is 4.79 Å². The summed E-state index contributed by atoms with van der Waals surface area (Å²) in [7, 11) is 0. The van der Waals surface area contributed by atoms with Crippen LogP contribution >= 0.6 is 0 Å². The summed E-state index contributed by atoms with van der Waals surface area (Å²) >= 11 is 0. The molecule has 0 spiro atoms. The highest BCUT2D eigenvalue weighted by atomic mass is 16.5. The van der Waals surface area contributed by atoms with Crippen molar-refractivity contribution in [1.82, 2.24) is 9.99 Å². The molecule has 0 aliphatic carbocycles. The molecular weight excluding hydrogens is 386 g/mol. The van der Waals surface area contributed by atoms with Gasteiger partial charge in [0, 0.05) is 29.2 Å². The minimum Gasteiger partial charge on any atom is -0.483 e. The van der Waals surface area contributed by atoms with Gasteiger partial charge >= 0.3 is 0 Å². The molecule has 1 N–H and O–H groups in total. The molecule has 0 atom stereocenters. The third kappa shape index (κ3) is 4.83. The predicted molar refractivity (Wildman–Crippen MR) is 125 cm³/mol. The molecular formula is C26H25N3O2. The van der Waals surface area contributed by atoms with E-state index in [0.717, 1.165) is 39.9 Å². The van der Waals surface area contributed by atoms with Gasteiger partial charge in [-0.1, -0.05) is 66.7 Å². The fourth-order valence-corrected chi connectivity index (χ4v) is 3.66. The molecule has 1 amide bonds. The zero-order valence-electron chi connectivity index (χ0n) is 17.7. The maximum absolute atomic E-state index is 12.2. The number of hydrogen-bond acceptors (Lipinski definition) is 3. The molecule has 0 fully saturated rings. The minimum absolute atomic E-state index is 0.0845. The first-order valence-corrected chi connectivity index (χ1v) is 10.2. The van der Waals surface area contributed by atoms with Gasteiger partial charge in [-0.05, 0) is 36.6 Å². The summed E-state index contributed by atoms with van der Waals surface area (Å²) in [5.74, 6) is 0.442. The Labute approximate surface area is 182 Å². The van der Waals surface area contributed by atoms with Gasteiger partial charge in [-0.15, -0.1) is 0 Å². The number of ether oxygens (including phenoxy) is 1. The van der Waals surface area contributed by atoms with E-state index in [1.165, 1.54) is 5.56 Å². The van der Waals surface area contributed by atoms with Gasteiger partial charge in [-0.2, -0.15) is 5.10 Å². The molecule has 3 aromatic carbocycles. The van der Waals surface area contributed by atoms with Crippen molar-refractivity contribution in [3.8, 4) is 5.75 Å². The fraction of sp³-hybridized carbons (Fsp3) is 0.154. The quantitative estimate of drug-likeness (QED) is 0.350. The molecule has 4 rings (SSSR count). The summed E-state index contributed by atoms with van der Waals surface area (Å²) in [4.78, 5) is 12.2. The summed E-state index contributed by atoms with van der Waals surface area (Å²) < 4.78 is 7.88. The van der Waals surface area contributed by atoms with Crippen molar-refractivity contribution in [1.29, 1.82) is 0 Å². The number of benzene rings is 3. The lowest BCUT2D eigenvalue weighted by Gasteiger charge is -2.10. The summed E-state index contributed by atoms with van der Waals surface area (Å²) in [5.41, 5.74) is 7.86. The largest absolute Gasteiger partial charge is 0.483 e. The highest BCUT2D eigenvalue weighted by molar-refractivity contribution is 5.99. The van der Waals surface area contributed by atoms with Crippen molar-refractivity contribution in [2.75, 3.05) is 6.61 Å². The Morgan fingerprint density at radius 2 is 1.68 bits per heavy atom. The van der Waals surface area contributed by atoms with Crippen LogP contribution in [0.3, 0.4) is 0 Å². The highest BCUT2D eigenvalue weighted by Crippen LogP contribution is 2.22. The van der Waals surface area contributed by atoms with E-state index >= 15 is 0 Å². The van der Waals surface area contributed by atoms with Crippen LogP contribution in [0.2, 0.25) is 0 Å². The first-order valence-electron chi connectivity index (χ1n) is 10.2. The molecule has 0 saturated carbocycles. The number of aromatic nitrogens is 1. The molecule has 0 bridgehead atoms. The van der Waals surface area contributed by atoms with Crippen LogP contribution in [0.4, 0.5) is 0 Å². The number of carbonyl (C=O) groups is 1. The van der Waals surface area contributed by atoms with Gasteiger partial charge in [0.25, 0.3) is 5.91 Å². The van der Waals surface area contributed by atoms with Crippen LogP contribution < -0.4 is 10.2 Å². The Morgan fingerprint density at radius 1 is 0.968 bits per heavy atom. The Morgan fingerprint density at radius 3 is 2.45 bits per heavy atom. The van der Waals surface area contributed by atoms with E-state index in [1.807, 2.05) is 62.4 Å². The van der Waals surface area contributed by atoms with Gasteiger partial charge < -0.3 is 9.30 Å². The van der Waals surface area contributed by atoms with E-state index in [4.69, 9.17) is 4.74 Å². The third-order valence-corrected chi connectivity index (χ3v) is 5.16. The lowest BCUT2D eigenvalue weighted by Crippen LogP contribution is -2.25. The number of hydrazone groups is 1. The van der Waals surface area contributed by atoms with E-state index in [2.05, 4.69) is 45.6 Å².